The molecule has 8 nitrogen and oxygen atoms in total. The highest BCUT2D eigenvalue weighted by molar-refractivity contribution is 5.81. The minimum Gasteiger partial charge on any atom is -0.481 e. The summed E-state index contributed by atoms with van der Waals surface area (Å²) in [6, 6.07) is 0. The van der Waals surface area contributed by atoms with Gasteiger partial charge in [0.1, 0.15) is 6.61 Å². The lowest BCUT2D eigenvalue weighted by atomic mass is 9.68. The Bertz CT molecular complexity index is 589. The third kappa shape index (κ3) is 10.6. The minimum atomic E-state index is -1.02. The normalized spacial score (nSPS) is 22.6. The van der Waals surface area contributed by atoms with Crippen LogP contribution in [0.3, 0.4) is 0 Å². The van der Waals surface area contributed by atoms with Crippen molar-refractivity contribution < 1.29 is 39.2 Å². The van der Waals surface area contributed by atoms with Crippen molar-refractivity contribution in [2.24, 2.45) is 23.7 Å². The van der Waals surface area contributed by atoms with Gasteiger partial charge in [0.2, 0.25) is 0 Å². The smallest absolute Gasteiger partial charge is 0.307 e. The fraction of sp³-hybridized carbons (Fsp3) is 0.792. The Kier molecular flexibility index (Phi) is 14.6. The van der Waals surface area contributed by atoms with Gasteiger partial charge in [-0.05, 0) is 31.1 Å². The number of carbonyl (C=O) groups excluding carboxylic acids is 1. The van der Waals surface area contributed by atoms with Gasteiger partial charge in [-0.15, -0.1) is 0 Å². The predicted molar refractivity (Wildman–Crippen MR) is 119 cm³/mol. The van der Waals surface area contributed by atoms with Crippen LogP contribution in [-0.4, -0.2) is 59.7 Å². The first kappa shape index (κ1) is 28.1. The summed E-state index contributed by atoms with van der Waals surface area (Å²) in [5, 5.41) is 28.0. The highest BCUT2D eigenvalue weighted by atomic mass is 16.6. The molecule has 0 fully saturated rings. The summed E-state index contributed by atoms with van der Waals surface area (Å²) in [4.78, 5) is 35.4. The van der Waals surface area contributed by atoms with Gasteiger partial charge >= 0.3 is 17.9 Å². The Morgan fingerprint density at radius 1 is 0.781 bits per heavy atom. The van der Waals surface area contributed by atoms with Gasteiger partial charge < -0.3 is 24.8 Å². The van der Waals surface area contributed by atoms with Crippen molar-refractivity contribution in [3.63, 3.8) is 0 Å². The van der Waals surface area contributed by atoms with Crippen molar-refractivity contribution in [3.8, 4) is 0 Å². The average molecular weight is 457 g/mol. The summed E-state index contributed by atoms with van der Waals surface area (Å²) < 4.78 is 10.1. The number of esters is 1. The lowest BCUT2D eigenvalue weighted by molar-refractivity contribution is -0.158. The summed E-state index contributed by atoms with van der Waals surface area (Å²) in [6.45, 7) is 2.69. The quantitative estimate of drug-likeness (QED) is 0.162. The van der Waals surface area contributed by atoms with Crippen LogP contribution < -0.4 is 0 Å². The summed E-state index contributed by atoms with van der Waals surface area (Å²) >= 11 is 0. The van der Waals surface area contributed by atoms with Crippen LogP contribution in [0.25, 0.3) is 0 Å². The molecule has 1 aliphatic carbocycles. The van der Waals surface area contributed by atoms with Gasteiger partial charge in [-0.1, -0.05) is 57.6 Å². The van der Waals surface area contributed by atoms with Gasteiger partial charge in [-0.25, -0.2) is 0 Å². The molecule has 32 heavy (non-hydrogen) atoms. The maximum atomic E-state index is 11.9. The second-order valence-corrected chi connectivity index (χ2v) is 8.45. The average Bonchev–Trinajstić information content (AvgIpc) is 2.76. The van der Waals surface area contributed by atoms with E-state index in [1.54, 1.807) is 0 Å². The van der Waals surface area contributed by atoms with E-state index >= 15 is 0 Å². The van der Waals surface area contributed by atoms with E-state index in [-0.39, 0.29) is 44.2 Å². The van der Waals surface area contributed by atoms with Gasteiger partial charge in [0, 0.05) is 6.42 Å². The van der Waals surface area contributed by atoms with Crippen LogP contribution >= 0.6 is 0 Å². The van der Waals surface area contributed by atoms with Crippen LogP contribution in [0, 0.1) is 23.7 Å². The number of unbranched alkanes of at least 4 members (excludes halogenated alkanes) is 5. The third-order valence-electron chi connectivity index (χ3n) is 6.02. The number of hydrogen-bond acceptors (Lipinski definition) is 6. The molecule has 4 unspecified atom stereocenters. The molecule has 184 valence electrons. The number of carboxylic acid groups (broad SMARTS) is 2. The van der Waals surface area contributed by atoms with Gasteiger partial charge in [0.15, 0.2) is 0 Å². The number of carbonyl (C=O) groups is 3. The van der Waals surface area contributed by atoms with Crippen molar-refractivity contribution in [2.45, 2.75) is 71.1 Å². The standard InChI is InChI=1S/C24H40O8/c1-2-3-9-18-12-13-19(22(24(29)30)21(18)23(27)28)10-7-5-4-6-8-11-20(26)32-17-16-31-15-14-25/h12-13,18-19,21-22,25H,2-11,14-17H2,1H3,(H,27,28)(H,29,30). The zero-order valence-corrected chi connectivity index (χ0v) is 19.2. The Hall–Kier alpha value is -1.93. The molecule has 0 bridgehead atoms. The molecule has 8 heteroatoms. The van der Waals surface area contributed by atoms with Crippen LogP contribution in [0.15, 0.2) is 12.2 Å². The molecule has 0 aromatic carbocycles. The SMILES string of the molecule is CCCCC1C=CC(CCCCCCCC(=O)OCCOCCO)C(C(=O)O)C1C(=O)O. The first-order chi connectivity index (χ1) is 15.4. The molecule has 0 aliphatic heterocycles. The highest BCUT2D eigenvalue weighted by Crippen LogP contribution is 2.39. The second kappa shape index (κ2) is 16.7. The van der Waals surface area contributed by atoms with Crippen molar-refractivity contribution >= 4 is 17.9 Å². The fourth-order valence-electron chi connectivity index (χ4n) is 4.36. The molecule has 0 heterocycles. The van der Waals surface area contributed by atoms with Gasteiger partial charge in [0.05, 0.1) is 31.7 Å². The molecule has 1 rings (SSSR count). The predicted octanol–water partition coefficient (Wildman–Crippen LogP) is 3.66. The monoisotopic (exact) mass is 456 g/mol. The summed E-state index contributed by atoms with van der Waals surface area (Å²) in [7, 11) is 0. The third-order valence-corrected chi connectivity index (χ3v) is 6.02. The fourth-order valence-corrected chi connectivity index (χ4v) is 4.36. The number of ether oxygens (including phenoxy) is 2. The van der Waals surface area contributed by atoms with Crippen LogP contribution in [0.1, 0.15) is 71.1 Å². The number of hydrogen-bond donors (Lipinski definition) is 3. The van der Waals surface area contributed by atoms with Crippen LogP contribution in [0.5, 0.6) is 0 Å². The Labute approximate surface area is 191 Å². The van der Waals surface area contributed by atoms with E-state index in [1.807, 2.05) is 19.1 Å². The first-order valence-corrected chi connectivity index (χ1v) is 11.9. The van der Waals surface area contributed by atoms with Crippen molar-refractivity contribution in [3.05, 3.63) is 12.2 Å². The van der Waals surface area contributed by atoms with Gasteiger partial charge in [-0.2, -0.15) is 0 Å². The molecule has 0 radical (unpaired) electrons. The van der Waals surface area contributed by atoms with Crippen LogP contribution in [0.2, 0.25) is 0 Å². The van der Waals surface area contributed by atoms with Crippen molar-refractivity contribution in [1.82, 2.24) is 0 Å². The lowest BCUT2D eigenvalue weighted by Crippen LogP contribution is -2.41. The molecular weight excluding hydrogens is 416 g/mol. The van der Waals surface area contributed by atoms with Crippen LogP contribution in [0.4, 0.5) is 0 Å². The molecule has 3 N–H and O–H groups in total. The van der Waals surface area contributed by atoms with E-state index in [1.165, 1.54) is 0 Å². The Balaban J connectivity index is 2.31. The summed E-state index contributed by atoms with van der Waals surface area (Å²) in [6.07, 6.45) is 11.7. The zero-order valence-electron chi connectivity index (χ0n) is 19.2. The summed E-state index contributed by atoms with van der Waals surface area (Å²) in [5.41, 5.74) is 0. The Morgan fingerprint density at radius 2 is 1.34 bits per heavy atom. The number of aliphatic hydroxyl groups excluding tert-OH is 1. The number of allylic oxidation sites excluding steroid dienone is 2. The number of rotatable bonds is 18. The molecule has 0 aromatic rings. The summed E-state index contributed by atoms with van der Waals surface area (Å²) in [5.74, 6) is -4.51. The van der Waals surface area contributed by atoms with E-state index < -0.39 is 23.8 Å². The maximum Gasteiger partial charge on any atom is 0.307 e. The van der Waals surface area contributed by atoms with Crippen LogP contribution in [-0.2, 0) is 23.9 Å². The number of aliphatic carboxylic acids is 2. The lowest BCUT2D eigenvalue weighted by Gasteiger charge is -2.35. The van der Waals surface area contributed by atoms with E-state index in [4.69, 9.17) is 14.6 Å². The zero-order chi connectivity index (χ0) is 23.8. The minimum absolute atomic E-state index is 0.0540. The molecule has 0 amide bonds. The molecule has 0 saturated heterocycles. The molecule has 1 aliphatic rings. The van der Waals surface area contributed by atoms with E-state index in [9.17, 15) is 24.6 Å². The number of aliphatic hydroxyl groups is 1. The largest absolute Gasteiger partial charge is 0.481 e. The van der Waals surface area contributed by atoms with E-state index in [0.29, 0.717) is 19.3 Å². The highest BCUT2D eigenvalue weighted by Gasteiger charge is 2.44. The van der Waals surface area contributed by atoms with Gasteiger partial charge in [-0.3, -0.25) is 14.4 Å². The number of carboxylic acids is 2. The topological polar surface area (TPSA) is 130 Å². The maximum absolute atomic E-state index is 11.9. The van der Waals surface area contributed by atoms with Crippen molar-refractivity contribution in [2.75, 3.05) is 26.4 Å². The Morgan fingerprint density at radius 3 is 1.91 bits per heavy atom. The molecular formula is C24H40O8. The second-order valence-electron chi connectivity index (χ2n) is 8.45. The van der Waals surface area contributed by atoms with Gasteiger partial charge in [0.25, 0.3) is 0 Å². The molecule has 0 aromatic heterocycles. The van der Waals surface area contributed by atoms with Crippen molar-refractivity contribution in [1.29, 1.82) is 0 Å². The molecule has 0 saturated carbocycles. The van der Waals surface area contributed by atoms with E-state index in [0.717, 1.165) is 44.9 Å². The van der Waals surface area contributed by atoms with E-state index in [2.05, 4.69) is 0 Å². The first-order valence-electron chi connectivity index (χ1n) is 11.9. The molecule has 4 atom stereocenters. The molecule has 0 spiro atoms.